The van der Waals surface area contributed by atoms with E-state index in [9.17, 15) is 13.6 Å². The van der Waals surface area contributed by atoms with Crippen molar-refractivity contribution in [1.29, 1.82) is 0 Å². The number of aromatic carboxylic acids is 1. The number of carbonyl (C=O) groups is 1. The SMILES string of the molecule is O=C(O)c1cc2ncn(Cc3cccc(F)c3F)c2cn1. The molecule has 0 fully saturated rings. The third kappa shape index (κ3) is 2.33. The topological polar surface area (TPSA) is 68.0 Å². The van der Waals surface area contributed by atoms with Gasteiger partial charge in [0.25, 0.3) is 0 Å². The van der Waals surface area contributed by atoms with Crippen LogP contribution >= 0.6 is 0 Å². The summed E-state index contributed by atoms with van der Waals surface area (Å²) in [5.74, 6) is -2.97. The van der Waals surface area contributed by atoms with Gasteiger partial charge in [0.1, 0.15) is 5.69 Å². The van der Waals surface area contributed by atoms with Crippen molar-refractivity contribution in [1.82, 2.24) is 14.5 Å². The van der Waals surface area contributed by atoms with E-state index >= 15 is 0 Å². The van der Waals surface area contributed by atoms with Crippen LogP contribution < -0.4 is 0 Å². The van der Waals surface area contributed by atoms with Crippen molar-refractivity contribution in [2.75, 3.05) is 0 Å². The average Bonchev–Trinajstić information content (AvgIpc) is 2.86. The quantitative estimate of drug-likeness (QED) is 0.804. The van der Waals surface area contributed by atoms with Crippen LogP contribution in [0.25, 0.3) is 11.0 Å². The largest absolute Gasteiger partial charge is 0.477 e. The molecule has 1 aromatic carbocycles. The summed E-state index contributed by atoms with van der Waals surface area (Å²) in [7, 11) is 0. The fraction of sp³-hybridized carbons (Fsp3) is 0.0714. The van der Waals surface area contributed by atoms with Crippen LogP contribution in [0.1, 0.15) is 16.1 Å². The molecule has 21 heavy (non-hydrogen) atoms. The summed E-state index contributed by atoms with van der Waals surface area (Å²) in [5, 5.41) is 8.86. The second kappa shape index (κ2) is 4.93. The zero-order chi connectivity index (χ0) is 15.0. The molecule has 0 aliphatic heterocycles. The number of benzene rings is 1. The van der Waals surface area contributed by atoms with E-state index in [-0.39, 0.29) is 17.8 Å². The molecule has 7 heteroatoms. The Balaban J connectivity index is 2.02. The second-order valence-electron chi connectivity index (χ2n) is 4.45. The molecule has 0 amide bonds. The van der Waals surface area contributed by atoms with Crippen LogP contribution in [-0.4, -0.2) is 25.6 Å². The molecule has 0 atom stereocenters. The molecule has 0 saturated carbocycles. The number of aromatic nitrogens is 3. The van der Waals surface area contributed by atoms with E-state index in [4.69, 9.17) is 5.11 Å². The number of nitrogens with zero attached hydrogens (tertiary/aromatic N) is 3. The Hall–Kier alpha value is -2.83. The fourth-order valence-electron chi connectivity index (χ4n) is 2.05. The van der Waals surface area contributed by atoms with Crippen LogP contribution in [0, 0.1) is 11.6 Å². The van der Waals surface area contributed by atoms with Gasteiger partial charge in [0, 0.05) is 5.56 Å². The Kier molecular flexibility index (Phi) is 3.09. The van der Waals surface area contributed by atoms with Gasteiger partial charge in [-0.3, -0.25) is 0 Å². The van der Waals surface area contributed by atoms with Gasteiger partial charge in [0.05, 0.1) is 30.1 Å². The van der Waals surface area contributed by atoms with Gasteiger partial charge in [-0.15, -0.1) is 0 Å². The van der Waals surface area contributed by atoms with Crippen LogP contribution in [0.5, 0.6) is 0 Å². The van der Waals surface area contributed by atoms with Crippen molar-refractivity contribution in [3.05, 3.63) is 59.7 Å². The van der Waals surface area contributed by atoms with Crippen molar-refractivity contribution in [3.8, 4) is 0 Å². The van der Waals surface area contributed by atoms with Gasteiger partial charge < -0.3 is 9.67 Å². The molecule has 0 bridgehead atoms. The normalized spacial score (nSPS) is 11.0. The smallest absolute Gasteiger partial charge is 0.354 e. The van der Waals surface area contributed by atoms with Gasteiger partial charge in [0.2, 0.25) is 0 Å². The predicted molar refractivity (Wildman–Crippen MR) is 69.9 cm³/mol. The molecule has 0 radical (unpaired) electrons. The van der Waals surface area contributed by atoms with Crippen LogP contribution in [0.2, 0.25) is 0 Å². The summed E-state index contributed by atoms with van der Waals surface area (Å²) >= 11 is 0. The summed E-state index contributed by atoms with van der Waals surface area (Å²) in [5.41, 5.74) is 1.03. The molecule has 1 N–H and O–H groups in total. The van der Waals surface area contributed by atoms with E-state index in [0.717, 1.165) is 6.07 Å². The van der Waals surface area contributed by atoms with E-state index in [1.54, 1.807) is 4.57 Å². The maximum absolute atomic E-state index is 13.7. The van der Waals surface area contributed by atoms with Gasteiger partial charge in [-0.2, -0.15) is 0 Å². The summed E-state index contributed by atoms with van der Waals surface area (Å²) in [6.45, 7) is 0.0776. The minimum atomic E-state index is -1.15. The monoisotopic (exact) mass is 289 g/mol. The van der Waals surface area contributed by atoms with Crippen molar-refractivity contribution in [2.45, 2.75) is 6.54 Å². The maximum atomic E-state index is 13.7. The summed E-state index contributed by atoms with van der Waals surface area (Å²) < 4.78 is 28.4. The van der Waals surface area contributed by atoms with Crippen LogP contribution in [0.4, 0.5) is 8.78 Å². The number of fused-ring (bicyclic) bond motifs is 1. The average molecular weight is 289 g/mol. The summed E-state index contributed by atoms with van der Waals surface area (Å²) in [4.78, 5) is 18.7. The highest BCUT2D eigenvalue weighted by molar-refractivity contribution is 5.89. The van der Waals surface area contributed by atoms with Crippen molar-refractivity contribution >= 4 is 17.0 Å². The van der Waals surface area contributed by atoms with Crippen molar-refractivity contribution in [3.63, 3.8) is 0 Å². The first kappa shape index (κ1) is 13.2. The molecule has 2 heterocycles. The van der Waals surface area contributed by atoms with E-state index in [1.807, 2.05) is 0 Å². The van der Waals surface area contributed by atoms with Crippen LogP contribution in [0.15, 0.2) is 36.8 Å². The van der Waals surface area contributed by atoms with Crippen molar-refractivity contribution < 1.29 is 18.7 Å². The molecule has 3 aromatic rings. The van der Waals surface area contributed by atoms with E-state index in [1.165, 1.54) is 30.7 Å². The van der Waals surface area contributed by atoms with Gasteiger partial charge >= 0.3 is 5.97 Å². The lowest BCUT2D eigenvalue weighted by atomic mass is 10.2. The number of carboxylic acids is 1. The molecule has 106 valence electrons. The zero-order valence-electron chi connectivity index (χ0n) is 10.6. The maximum Gasteiger partial charge on any atom is 0.354 e. The third-order valence-electron chi connectivity index (χ3n) is 3.10. The minimum absolute atomic E-state index is 0.0776. The highest BCUT2D eigenvalue weighted by atomic mass is 19.2. The first-order valence-corrected chi connectivity index (χ1v) is 6.03. The first-order chi connectivity index (χ1) is 10.1. The molecular weight excluding hydrogens is 280 g/mol. The zero-order valence-corrected chi connectivity index (χ0v) is 10.6. The van der Waals surface area contributed by atoms with Crippen LogP contribution in [-0.2, 0) is 6.54 Å². The van der Waals surface area contributed by atoms with E-state index in [2.05, 4.69) is 9.97 Å². The molecule has 0 saturated heterocycles. The number of carboxylic acid groups (broad SMARTS) is 1. The van der Waals surface area contributed by atoms with Gasteiger partial charge in [-0.1, -0.05) is 12.1 Å². The second-order valence-corrected chi connectivity index (χ2v) is 4.45. The standard InChI is InChI=1S/C14H9F2N3O2/c15-9-3-1-2-8(13(9)16)6-19-7-18-10-4-11(14(20)21)17-5-12(10)19/h1-5,7H,6H2,(H,20,21). The first-order valence-electron chi connectivity index (χ1n) is 6.03. The number of imidazole rings is 1. The highest BCUT2D eigenvalue weighted by Gasteiger charge is 2.12. The Morgan fingerprint density at radius 1 is 1.29 bits per heavy atom. The molecule has 0 unspecified atom stereocenters. The van der Waals surface area contributed by atoms with Gasteiger partial charge in [0.15, 0.2) is 11.6 Å². The lowest BCUT2D eigenvalue weighted by Crippen LogP contribution is -2.03. The lowest BCUT2D eigenvalue weighted by molar-refractivity contribution is 0.0690. The third-order valence-corrected chi connectivity index (χ3v) is 3.10. The summed E-state index contributed by atoms with van der Waals surface area (Å²) in [6.07, 6.45) is 2.78. The van der Waals surface area contributed by atoms with Gasteiger partial charge in [-0.05, 0) is 12.1 Å². The molecule has 3 rings (SSSR count). The molecule has 0 spiro atoms. The minimum Gasteiger partial charge on any atom is -0.477 e. The molecule has 5 nitrogen and oxygen atoms in total. The Morgan fingerprint density at radius 2 is 2.10 bits per heavy atom. The Labute approximate surface area is 117 Å². The number of pyridine rings is 1. The molecule has 0 aliphatic carbocycles. The van der Waals surface area contributed by atoms with Crippen molar-refractivity contribution in [2.24, 2.45) is 0 Å². The lowest BCUT2D eigenvalue weighted by Gasteiger charge is -2.06. The Morgan fingerprint density at radius 3 is 2.86 bits per heavy atom. The predicted octanol–water partition coefficient (Wildman–Crippen LogP) is 2.46. The Bertz CT molecular complexity index is 845. The number of hydrogen-bond donors (Lipinski definition) is 1. The molecule has 2 aromatic heterocycles. The van der Waals surface area contributed by atoms with E-state index in [0.29, 0.717) is 11.0 Å². The fourth-order valence-corrected chi connectivity index (χ4v) is 2.05. The summed E-state index contributed by atoms with van der Waals surface area (Å²) in [6, 6.07) is 5.28. The number of hydrogen-bond acceptors (Lipinski definition) is 3. The van der Waals surface area contributed by atoms with Gasteiger partial charge in [-0.25, -0.2) is 23.5 Å². The van der Waals surface area contributed by atoms with Crippen LogP contribution in [0.3, 0.4) is 0 Å². The van der Waals surface area contributed by atoms with E-state index < -0.39 is 17.6 Å². The molecule has 0 aliphatic rings. The number of halogens is 2. The highest BCUT2D eigenvalue weighted by Crippen LogP contribution is 2.17. The molecular formula is C14H9F2N3O2. The number of rotatable bonds is 3.